The Balaban J connectivity index is -0.000000412. The first-order chi connectivity index (χ1) is 18.6. The quantitative estimate of drug-likeness (QED) is 0.112. The molecule has 4 aromatic rings. The van der Waals surface area contributed by atoms with E-state index < -0.39 is 0 Å². The van der Waals surface area contributed by atoms with Crippen molar-refractivity contribution < 1.29 is 17.1 Å². The molecule has 0 atom stereocenters. The summed E-state index contributed by atoms with van der Waals surface area (Å²) in [6.07, 6.45) is 29.0. The van der Waals surface area contributed by atoms with E-state index in [1.165, 1.54) is 10.3 Å². The van der Waals surface area contributed by atoms with Gasteiger partial charge in [0.1, 0.15) is 0 Å². The Kier molecular flexibility index (Phi) is 32.3. The monoisotopic (exact) mass is 603 g/mol. The maximum absolute atomic E-state index is 7.13. The molecule has 4 rings (SSSR count). The van der Waals surface area contributed by atoms with Gasteiger partial charge >= 0.3 is 17.1 Å². The average Bonchev–Trinajstić information content (AvgIpc) is 3.71. The summed E-state index contributed by atoms with van der Waals surface area (Å²) in [6, 6.07) is 0. The van der Waals surface area contributed by atoms with Crippen molar-refractivity contribution in [2.45, 2.75) is 26.2 Å². The van der Waals surface area contributed by atoms with Gasteiger partial charge in [-0.2, -0.15) is 10.3 Å². The van der Waals surface area contributed by atoms with E-state index in [2.05, 4.69) is 70.7 Å². The van der Waals surface area contributed by atoms with Crippen LogP contribution in [0.5, 0.6) is 0 Å². The van der Waals surface area contributed by atoms with Gasteiger partial charge in [-0.25, -0.2) is 19.9 Å². The van der Waals surface area contributed by atoms with Gasteiger partial charge in [-0.05, 0) is 0 Å². The number of hydrogen-bond donors (Lipinski definition) is 0. The summed E-state index contributed by atoms with van der Waals surface area (Å²) in [5.41, 5.74) is 0. The number of imidazole rings is 4. The second-order valence-corrected chi connectivity index (χ2v) is 6.74. The van der Waals surface area contributed by atoms with Gasteiger partial charge in [-0.1, -0.05) is 48.7 Å². The molecule has 0 aliphatic rings. The fraction of sp³-hybridized carbons (Fsp3) is 0.154. The second-order valence-electron chi connectivity index (χ2n) is 6.38. The average molecular weight is 604 g/mol. The number of aromatic nitrogens is 8. The van der Waals surface area contributed by atoms with E-state index >= 15 is 0 Å². The van der Waals surface area contributed by atoms with Crippen LogP contribution in [-0.2, 0) is 43.2 Å². The van der Waals surface area contributed by atoms with Gasteiger partial charge in [0, 0.05) is 75.8 Å². The van der Waals surface area contributed by atoms with Crippen LogP contribution in [0, 0.1) is 0 Å². The fourth-order valence-electron chi connectivity index (χ4n) is 2.18. The van der Waals surface area contributed by atoms with Crippen molar-refractivity contribution in [2.24, 2.45) is 0 Å². The predicted octanol–water partition coefficient (Wildman–Crippen LogP) is 5.59. The van der Waals surface area contributed by atoms with E-state index in [9.17, 15) is 0 Å². The molecule has 13 heteroatoms. The summed E-state index contributed by atoms with van der Waals surface area (Å²) in [5, 5.41) is 16.9. The summed E-state index contributed by atoms with van der Waals surface area (Å²) < 4.78 is 7.81. The Morgan fingerprint density at radius 1 is 0.538 bits per heavy atom. The normalized spacial score (nSPS) is 7.79. The topological polar surface area (TPSA) is 116 Å². The molecule has 0 N–H and O–H groups in total. The van der Waals surface area contributed by atoms with Gasteiger partial charge in [0.15, 0.2) is 0 Å². The molecule has 10 nitrogen and oxygen atoms in total. The first-order valence-corrected chi connectivity index (χ1v) is 11.7. The van der Waals surface area contributed by atoms with Crippen LogP contribution in [0.3, 0.4) is 0 Å². The Labute approximate surface area is 251 Å². The van der Waals surface area contributed by atoms with Crippen molar-refractivity contribution in [1.29, 1.82) is 0 Å². The minimum absolute atomic E-state index is 0. The first kappa shape index (κ1) is 39.4. The van der Waals surface area contributed by atoms with Crippen molar-refractivity contribution in [3.8, 4) is 0 Å². The molecule has 0 aliphatic heterocycles. The van der Waals surface area contributed by atoms with Crippen LogP contribution in [0.4, 0.5) is 0 Å². The van der Waals surface area contributed by atoms with E-state index in [4.69, 9.17) is 10.8 Å². The molecule has 0 spiro atoms. The molecule has 0 saturated heterocycles. The number of allylic oxidation sites excluding steroid dienone is 4. The Bertz CT molecular complexity index is 953. The molecule has 0 fully saturated rings. The van der Waals surface area contributed by atoms with Crippen molar-refractivity contribution in [3.63, 3.8) is 0 Å². The third-order valence-electron chi connectivity index (χ3n) is 3.60. The van der Waals surface area contributed by atoms with E-state index in [0.29, 0.717) is 0 Å². The third kappa shape index (κ3) is 26.8. The van der Waals surface area contributed by atoms with Crippen LogP contribution in [0.1, 0.15) is 0 Å². The molecule has 0 unspecified atom stereocenters. The second kappa shape index (κ2) is 31.9. The number of rotatable bonds is 8. The molecule has 4 aromatic heterocycles. The van der Waals surface area contributed by atoms with Crippen molar-refractivity contribution >= 4 is 34.8 Å². The maximum Gasteiger partial charge on any atom is 2.00 e. The Hall–Kier alpha value is -4.08. The van der Waals surface area contributed by atoms with Crippen LogP contribution >= 0.6 is 24.4 Å². The number of nitrogens with zero attached hydrogens (tertiary/aromatic N) is 10. The van der Waals surface area contributed by atoms with Gasteiger partial charge in [0.2, 0.25) is 0 Å². The molecule has 0 bridgehead atoms. The maximum atomic E-state index is 7.13. The molecule has 1 radical (unpaired) electrons. The molecule has 39 heavy (non-hydrogen) atoms. The van der Waals surface area contributed by atoms with E-state index in [1.807, 2.05) is 67.4 Å². The smallest absolute Gasteiger partial charge is 0.753 e. The van der Waals surface area contributed by atoms with Crippen molar-refractivity contribution in [2.75, 3.05) is 0 Å². The summed E-state index contributed by atoms with van der Waals surface area (Å²) >= 11 is 7.40. The predicted molar refractivity (Wildman–Crippen MR) is 162 cm³/mol. The van der Waals surface area contributed by atoms with Crippen molar-refractivity contribution in [3.05, 3.63) is 136 Å². The third-order valence-corrected chi connectivity index (χ3v) is 3.60. The van der Waals surface area contributed by atoms with Gasteiger partial charge < -0.3 is 29.1 Å². The van der Waals surface area contributed by atoms with Gasteiger partial charge in [-0.15, -0.1) is 26.3 Å². The fourth-order valence-corrected chi connectivity index (χ4v) is 2.18. The van der Waals surface area contributed by atoms with E-state index in [-0.39, 0.29) is 17.1 Å². The van der Waals surface area contributed by atoms with Gasteiger partial charge in [0.25, 0.3) is 0 Å². The summed E-state index contributed by atoms with van der Waals surface area (Å²) in [7, 11) is 0. The number of isothiocyanates is 2. The molecule has 0 saturated carbocycles. The SMILES string of the molecule is C=CCn1ccnc1.C=CCn1ccnc1.C=CCn1ccnc1.C=CCn1ccnc1.[Mn+2].[N-]=C=S.[N-]=C=S. The number of thiocarbonyl (C=S) groups is 2. The van der Waals surface area contributed by atoms with E-state index in [1.54, 1.807) is 50.1 Å². The number of hydrogen-bond acceptors (Lipinski definition) is 6. The van der Waals surface area contributed by atoms with Crippen LogP contribution in [0.15, 0.2) is 126 Å². The summed E-state index contributed by atoms with van der Waals surface area (Å²) in [5.74, 6) is 0. The van der Waals surface area contributed by atoms with Crippen LogP contribution in [0.25, 0.3) is 10.8 Å². The molecule has 4 heterocycles. The van der Waals surface area contributed by atoms with Gasteiger partial charge in [0.05, 0.1) is 25.3 Å². The standard InChI is InChI=1S/4C6H8N2.2CNS.Mn/c4*1-2-4-8-5-3-7-6-8;2*2-1-3;/h4*2-3,5-6H,1,4H2;;;/q;;;;2*-1;+2. The summed E-state index contributed by atoms with van der Waals surface area (Å²) in [6.45, 7) is 17.7. The van der Waals surface area contributed by atoms with Crippen LogP contribution < -0.4 is 0 Å². The zero-order chi connectivity index (χ0) is 28.7. The minimum atomic E-state index is 0. The Morgan fingerprint density at radius 3 is 0.821 bits per heavy atom. The van der Waals surface area contributed by atoms with Crippen LogP contribution in [-0.4, -0.2) is 48.5 Å². The Morgan fingerprint density at radius 2 is 0.718 bits per heavy atom. The molecular weight excluding hydrogens is 571 g/mol. The zero-order valence-corrected chi connectivity index (χ0v) is 24.4. The van der Waals surface area contributed by atoms with E-state index in [0.717, 1.165) is 26.2 Å². The molecule has 205 valence electrons. The summed E-state index contributed by atoms with van der Waals surface area (Å²) in [4.78, 5) is 15.4. The molecule has 0 aromatic carbocycles. The molecule has 0 amide bonds. The van der Waals surface area contributed by atoms with Crippen LogP contribution in [0.2, 0.25) is 0 Å². The molecule has 0 aliphatic carbocycles. The largest absolute Gasteiger partial charge is 2.00 e. The van der Waals surface area contributed by atoms with Crippen molar-refractivity contribution in [1.82, 2.24) is 38.2 Å². The first-order valence-electron chi connectivity index (χ1n) is 10.9. The van der Waals surface area contributed by atoms with Gasteiger partial charge in [-0.3, -0.25) is 0 Å². The molecular formula is C26H32MnN10S2. The zero-order valence-electron chi connectivity index (χ0n) is 21.6. The minimum Gasteiger partial charge on any atom is -0.753 e.